The van der Waals surface area contributed by atoms with Crippen LogP contribution in [0.25, 0.3) is 0 Å². The van der Waals surface area contributed by atoms with Gasteiger partial charge in [-0.05, 0) is 12.8 Å². The molecule has 1 N–H and O–H groups in total. The average molecular weight is 241 g/mol. The van der Waals surface area contributed by atoms with Crippen molar-refractivity contribution >= 4 is 21.9 Å². The van der Waals surface area contributed by atoms with Gasteiger partial charge in [-0.3, -0.25) is 4.79 Å². The SMILES string of the molecule is O=C(O)CCCCC[C@@H](F)CBr. The second-order valence-electron chi connectivity index (χ2n) is 2.74. The van der Waals surface area contributed by atoms with Gasteiger partial charge in [-0.2, -0.15) is 0 Å². The van der Waals surface area contributed by atoms with E-state index in [0.29, 0.717) is 18.2 Å². The molecular weight excluding hydrogens is 227 g/mol. The number of rotatable bonds is 7. The van der Waals surface area contributed by atoms with Crippen LogP contribution in [0.2, 0.25) is 0 Å². The molecule has 0 aromatic rings. The minimum Gasteiger partial charge on any atom is -0.481 e. The van der Waals surface area contributed by atoms with E-state index in [9.17, 15) is 9.18 Å². The molecule has 0 rings (SSSR count). The molecule has 0 aromatic heterocycles. The minimum absolute atomic E-state index is 0.200. The number of aliphatic carboxylic acids is 1. The number of carboxylic acids is 1. The van der Waals surface area contributed by atoms with E-state index >= 15 is 0 Å². The second kappa shape index (κ2) is 7.53. The average Bonchev–Trinajstić information content (AvgIpc) is 2.03. The molecular formula is C8H14BrFO2. The van der Waals surface area contributed by atoms with Crippen LogP contribution in [0, 0.1) is 0 Å². The summed E-state index contributed by atoms with van der Waals surface area (Å²) in [6.07, 6.45) is 2.19. The van der Waals surface area contributed by atoms with Crippen LogP contribution in [-0.4, -0.2) is 22.6 Å². The minimum atomic E-state index is -0.783. The van der Waals surface area contributed by atoms with E-state index in [4.69, 9.17) is 5.11 Å². The van der Waals surface area contributed by atoms with E-state index in [1.54, 1.807) is 0 Å². The molecule has 4 heteroatoms. The van der Waals surface area contributed by atoms with Gasteiger partial charge < -0.3 is 5.11 Å². The molecule has 0 heterocycles. The Balaban J connectivity index is 3.05. The van der Waals surface area contributed by atoms with Gasteiger partial charge in [0.05, 0.1) is 0 Å². The first-order chi connectivity index (χ1) is 5.66. The highest BCUT2D eigenvalue weighted by molar-refractivity contribution is 9.09. The van der Waals surface area contributed by atoms with Crippen molar-refractivity contribution in [2.24, 2.45) is 0 Å². The lowest BCUT2D eigenvalue weighted by molar-refractivity contribution is -0.137. The molecule has 0 radical (unpaired) electrons. The summed E-state index contributed by atoms with van der Waals surface area (Å²) in [7, 11) is 0. The third-order valence-electron chi connectivity index (χ3n) is 1.58. The molecule has 0 unspecified atom stereocenters. The molecule has 0 bridgehead atoms. The highest BCUT2D eigenvalue weighted by Crippen LogP contribution is 2.09. The first-order valence-corrected chi connectivity index (χ1v) is 5.20. The van der Waals surface area contributed by atoms with Gasteiger partial charge >= 0.3 is 5.97 Å². The summed E-state index contributed by atoms with van der Waals surface area (Å²) in [5, 5.41) is 8.67. The topological polar surface area (TPSA) is 37.3 Å². The van der Waals surface area contributed by atoms with Crippen molar-refractivity contribution in [3.63, 3.8) is 0 Å². The molecule has 0 aromatic carbocycles. The van der Waals surface area contributed by atoms with Crippen molar-refractivity contribution < 1.29 is 14.3 Å². The maximum Gasteiger partial charge on any atom is 0.303 e. The number of hydrogen-bond acceptors (Lipinski definition) is 1. The van der Waals surface area contributed by atoms with E-state index in [2.05, 4.69) is 15.9 Å². The fourth-order valence-corrected chi connectivity index (χ4v) is 1.22. The molecule has 0 saturated heterocycles. The van der Waals surface area contributed by atoms with Crippen LogP contribution in [-0.2, 0) is 4.79 Å². The number of unbranched alkanes of at least 4 members (excludes halogenated alkanes) is 2. The summed E-state index contributed by atoms with van der Waals surface area (Å²) in [6.45, 7) is 0. The number of hydrogen-bond donors (Lipinski definition) is 1. The zero-order valence-electron chi connectivity index (χ0n) is 6.93. The van der Waals surface area contributed by atoms with Crippen LogP contribution >= 0.6 is 15.9 Å². The highest BCUT2D eigenvalue weighted by Gasteiger charge is 2.03. The fraction of sp³-hybridized carbons (Fsp3) is 0.875. The number of carboxylic acid groups (broad SMARTS) is 1. The molecule has 0 aliphatic rings. The standard InChI is InChI=1S/C8H14BrFO2/c9-6-7(10)4-2-1-3-5-8(11)12/h7H,1-6H2,(H,11,12)/t7-/m1/s1. The lowest BCUT2D eigenvalue weighted by atomic mass is 10.1. The summed E-state index contributed by atoms with van der Waals surface area (Å²) in [6, 6.07) is 0. The molecule has 0 aliphatic carbocycles. The summed E-state index contributed by atoms with van der Waals surface area (Å²) in [5.74, 6) is -0.771. The van der Waals surface area contributed by atoms with Gasteiger partial charge in [-0.25, -0.2) is 4.39 Å². The Labute approximate surface area is 80.3 Å². The zero-order valence-corrected chi connectivity index (χ0v) is 8.52. The maximum atomic E-state index is 12.6. The molecule has 0 aliphatic heterocycles. The highest BCUT2D eigenvalue weighted by atomic mass is 79.9. The Kier molecular flexibility index (Phi) is 7.45. The maximum absolute atomic E-state index is 12.6. The van der Waals surface area contributed by atoms with Crippen LogP contribution in [0.3, 0.4) is 0 Å². The smallest absolute Gasteiger partial charge is 0.303 e. The van der Waals surface area contributed by atoms with Crippen molar-refractivity contribution in [3.8, 4) is 0 Å². The molecule has 0 fully saturated rings. The van der Waals surface area contributed by atoms with Crippen LogP contribution in [0.5, 0.6) is 0 Å². The first-order valence-electron chi connectivity index (χ1n) is 4.08. The number of carbonyl (C=O) groups is 1. The van der Waals surface area contributed by atoms with E-state index in [1.807, 2.05) is 0 Å². The summed E-state index contributed by atoms with van der Waals surface area (Å²) in [4.78, 5) is 10.1. The zero-order chi connectivity index (χ0) is 9.40. The van der Waals surface area contributed by atoms with Gasteiger partial charge in [0.1, 0.15) is 6.17 Å². The molecule has 2 nitrogen and oxygen atoms in total. The summed E-state index contributed by atoms with van der Waals surface area (Å²) < 4.78 is 12.6. The number of halogens is 2. The van der Waals surface area contributed by atoms with Crippen molar-refractivity contribution in [1.29, 1.82) is 0 Å². The molecule has 0 saturated carbocycles. The molecule has 1 atom stereocenters. The van der Waals surface area contributed by atoms with Crippen LogP contribution in [0.15, 0.2) is 0 Å². The van der Waals surface area contributed by atoms with Gasteiger partial charge in [0.2, 0.25) is 0 Å². The van der Waals surface area contributed by atoms with E-state index in [0.717, 1.165) is 12.8 Å². The van der Waals surface area contributed by atoms with E-state index in [1.165, 1.54) is 0 Å². The van der Waals surface area contributed by atoms with Gasteiger partial charge in [-0.1, -0.05) is 28.8 Å². The second-order valence-corrected chi connectivity index (χ2v) is 3.39. The van der Waals surface area contributed by atoms with Crippen molar-refractivity contribution in [1.82, 2.24) is 0 Å². The van der Waals surface area contributed by atoms with Gasteiger partial charge in [0.15, 0.2) is 0 Å². The summed E-state index contributed by atoms with van der Waals surface area (Å²) >= 11 is 3.04. The third kappa shape index (κ3) is 7.98. The Morgan fingerprint density at radius 1 is 1.42 bits per heavy atom. The molecule has 72 valence electrons. The molecule has 12 heavy (non-hydrogen) atoms. The number of alkyl halides is 2. The quantitative estimate of drug-likeness (QED) is 0.549. The molecule has 0 amide bonds. The van der Waals surface area contributed by atoms with Crippen LogP contribution in [0.4, 0.5) is 4.39 Å². The Morgan fingerprint density at radius 3 is 2.58 bits per heavy atom. The van der Waals surface area contributed by atoms with E-state index in [-0.39, 0.29) is 6.42 Å². The van der Waals surface area contributed by atoms with Crippen LogP contribution in [0.1, 0.15) is 32.1 Å². The first kappa shape index (κ1) is 11.9. The van der Waals surface area contributed by atoms with Gasteiger partial charge in [0.25, 0.3) is 0 Å². The lowest BCUT2D eigenvalue weighted by Crippen LogP contribution is -2.01. The van der Waals surface area contributed by atoms with Crippen LogP contribution < -0.4 is 0 Å². The Hall–Kier alpha value is -0.120. The van der Waals surface area contributed by atoms with Gasteiger partial charge in [0, 0.05) is 11.8 Å². The monoisotopic (exact) mass is 240 g/mol. The van der Waals surface area contributed by atoms with Gasteiger partial charge in [-0.15, -0.1) is 0 Å². The fourth-order valence-electron chi connectivity index (χ4n) is 0.896. The predicted octanol–water partition coefficient (Wildman–Crippen LogP) is 2.75. The van der Waals surface area contributed by atoms with E-state index < -0.39 is 12.1 Å². The lowest BCUT2D eigenvalue weighted by Gasteiger charge is -2.02. The van der Waals surface area contributed by atoms with Crippen molar-refractivity contribution in [2.75, 3.05) is 5.33 Å². The molecule has 0 spiro atoms. The normalized spacial score (nSPS) is 12.8. The Bertz CT molecular complexity index is 130. The van der Waals surface area contributed by atoms with Crippen molar-refractivity contribution in [3.05, 3.63) is 0 Å². The van der Waals surface area contributed by atoms with Crippen molar-refractivity contribution in [2.45, 2.75) is 38.3 Å². The predicted molar refractivity (Wildman–Crippen MR) is 49.4 cm³/mol. The largest absolute Gasteiger partial charge is 0.481 e. The Morgan fingerprint density at radius 2 is 2.08 bits per heavy atom. The summed E-state index contributed by atoms with van der Waals surface area (Å²) in [5.41, 5.74) is 0. The third-order valence-corrected chi connectivity index (χ3v) is 2.28.